The van der Waals surface area contributed by atoms with Crippen LogP contribution in [0.5, 0.6) is 5.75 Å². The molecule has 1 aliphatic heterocycles. The Labute approximate surface area is 127 Å². The Morgan fingerprint density at radius 1 is 1.33 bits per heavy atom. The van der Waals surface area contributed by atoms with E-state index in [4.69, 9.17) is 21.4 Å². The lowest BCUT2D eigenvalue weighted by molar-refractivity contribution is -0.137. The first kappa shape index (κ1) is 15.4. The molecule has 0 fully saturated rings. The molecule has 1 aromatic carbocycles. The van der Waals surface area contributed by atoms with Crippen LogP contribution in [0, 0.1) is 0 Å². The minimum absolute atomic E-state index is 0.119. The summed E-state index contributed by atoms with van der Waals surface area (Å²) >= 11 is 5.91. The molecule has 1 aromatic rings. The first-order valence-corrected chi connectivity index (χ1v) is 7.07. The van der Waals surface area contributed by atoms with Crippen molar-refractivity contribution in [2.24, 2.45) is 0 Å². The van der Waals surface area contributed by atoms with Crippen LogP contribution in [0.25, 0.3) is 6.08 Å². The monoisotopic (exact) mass is 309 g/mol. The first-order chi connectivity index (χ1) is 10.1. The van der Waals surface area contributed by atoms with Crippen LogP contribution >= 0.6 is 11.6 Å². The van der Waals surface area contributed by atoms with Crippen molar-refractivity contribution in [2.45, 2.75) is 19.3 Å². The Kier molecular flexibility index (Phi) is 5.22. The van der Waals surface area contributed by atoms with Crippen molar-refractivity contribution in [3.63, 3.8) is 0 Å². The molecule has 112 valence electrons. The summed E-state index contributed by atoms with van der Waals surface area (Å²) in [6.07, 6.45) is 3.06. The van der Waals surface area contributed by atoms with Gasteiger partial charge in [0.15, 0.2) is 0 Å². The standard InChI is InChI=1S/C15H16ClNO4/c16-12-4-5-13-10(8-12)7-11(9-21-13)15(20)17-6-2-1-3-14(18)19/h4-5,7-8H,1-3,6,9H2,(H,17,20)(H,18,19). The van der Waals surface area contributed by atoms with Gasteiger partial charge in [0.05, 0.1) is 5.57 Å². The fourth-order valence-corrected chi connectivity index (χ4v) is 2.18. The molecule has 0 radical (unpaired) electrons. The molecular formula is C15H16ClNO4. The number of unbranched alkanes of at least 4 members (excludes halogenated alkanes) is 1. The number of carboxylic acids is 1. The van der Waals surface area contributed by atoms with Crippen LogP contribution in [0.3, 0.4) is 0 Å². The minimum Gasteiger partial charge on any atom is -0.488 e. The molecule has 0 spiro atoms. The quantitative estimate of drug-likeness (QED) is 0.792. The van der Waals surface area contributed by atoms with Crippen molar-refractivity contribution in [3.8, 4) is 5.75 Å². The molecule has 2 N–H and O–H groups in total. The number of benzene rings is 1. The second kappa shape index (κ2) is 7.13. The zero-order valence-corrected chi connectivity index (χ0v) is 12.2. The van der Waals surface area contributed by atoms with E-state index in [1.165, 1.54) is 0 Å². The fourth-order valence-electron chi connectivity index (χ4n) is 2.00. The summed E-state index contributed by atoms with van der Waals surface area (Å²) in [6.45, 7) is 0.668. The molecule has 21 heavy (non-hydrogen) atoms. The molecule has 0 bridgehead atoms. The largest absolute Gasteiger partial charge is 0.488 e. The maximum Gasteiger partial charge on any atom is 0.303 e. The molecule has 1 aliphatic rings. The molecule has 0 aliphatic carbocycles. The van der Waals surface area contributed by atoms with E-state index in [9.17, 15) is 9.59 Å². The normalized spacial score (nSPS) is 12.9. The van der Waals surface area contributed by atoms with Gasteiger partial charge >= 0.3 is 5.97 Å². The highest BCUT2D eigenvalue weighted by molar-refractivity contribution is 6.30. The van der Waals surface area contributed by atoms with E-state index in [-0.39, 0.29) is 18.9 Å². The SMILES string of the molecule is O=C(O)CCCCNC(=O)C1=Cc2cc(Cl)ccc2OC1. The van der Waals surface area contributed by atoms with Crippen molar-refractivity contribution in [3.05, 3.63) is 34.4 Å². The molecule has 0 atom stereocenters. The Hall–Kier alpha value is -2.01. The van der Waals surface area contributed by atoms with Gasteiger partial charge in [-0.25, -0.2) is 0 Å². The van der Waals surface area contributed by atoms with Crippen molar-refractivity contribution in [2.75, 3.05) is 13.2 Å². The third-order valence-electron chi connectivity index (χ3n) is 3.08. The summed E-state index contributed by atoms with van der Waals surface area (Å²) in [7, 11) is 0. The highest BCUT2D eigenvalue weighted by Gasteiger charge is 2.17. The maximum atomic E-state index is 12.0. The van der Waals surface area contributed by atoms with Crippen LogP contribution in [0.4, 0.5) is 0 Å². The fraction of sp³-hybridized carbons (Fsp3) is 0.333. The molecule has 1 amide bonds. The number of halogens is 1. The van der Waals surface area contributed by atoms with Crippen LogP contribution in [0.15, 0.2) is 23.8 Å². The van der Waals surface area contributed by atoms with Gasteiger partial charge in [-0.3, -0.25) is 9.59 Å². The number of carbonyl (C=O) groups excluding carboxylic acids is 1. The first-order valence-electron chi connectivity index (χ1n) is 6.69. The zero-order valence-electron chi connectivity index (χ0n) is 11.4. The van der Waals surface area contributed by atoms with Gasteiger partial charge in [0.25, 0.3) is 5.91 Å². The molecule has 0 aromatic heterocycles. The minimum atomic E-state index is -0.821. The van der Waals surface area contributed by atoms with Gasteiger partial charge in [0, 0.05) is 23.6 Å². The summed E-state index contributed by atoms with van der Waals surface area (Å²) in [6, 6.07) is 5.26. The number of carboxylic acid groups (broad SMARTS) is 1. The van der Waals surface area contributed by atoms with Gasteiger partial charge in [-0.2, -0.15) is 0 Å². The summed E-state index contributed by atoms with van der Waals surface area (Å²) in [5, 5.41) is 11.9. The van der Waals surface area contributed by atoms with Crippen LogP contribution in [0.2, 0.25) is 5.02 Å². The predicted molar refractivity (Wildman–Crippen MR) is 79.4 cm³/mol. The van der Waals surface area contributed by atoms with Gasteiger partial charge < -0.3 is 15.2 Å². The highest BCUT2D eigenvalue weighted by atomic mass is 35.5. The van der Waals surface area contributed by atoms with Gasteiger partial charge in [-0.15, -0.1) is 0 Å². The van der Waals surface area contributed by atoms with E-state index >= 15 is 0 Å². The number of amides is 1. The number of hydrogen-bond donors (Lipinski definition) is 2. The predicted octanol–water partition coefficient (Wildman–Crippen LogP) is 2.49. The Bertz CT molecular complexity index is 583. The smallest absolute Gasteiger partial charge is 0.303 e. The van der Waals surface area contributed by atoms with Crippen LogP contribution in [-0.2, 0) is 9.59 Å². The van der Waals surface area contributed by atoms with Gasteiger partial charge in [-0.05, 0) is 37.1 Å². The highest BCUT2D eigenvalue weighted by Crippen LogP contribution is 2.28. The van der Waals surface area contributed by atoms with Gasteiger partial charge in [-0.1, -0.05) is 11.6 Å². The van der Waals surface area contributed by atoms with Crippen molar-refractivity contribution < 1.29 is 19.4 Å². The summed E-state index contributed by atoms with van der Waals surface area (Å²) in [4.78, 5) is 22.3. The Morgan fingerprint density at radius 2 is 2.14 bits per heavy atom. The number of aliphatic carboxylic acids is 1. The van der Waals surface area contributed by atoms with E-state index in [1.807, 2.05) is 0 Å². The number of carbonyl (C=O) groups is 2. The lowest BCUT2D eigenvalue weighted by Crippen LogP contribution is -2.29. The lowest BCUT2D eigenvalue weighted by Gasteiger charge is -2.17. The lowest BCUT2D eigenvalue weighted by atomic mass is 10.1. The molecule has 6 heteroatoms. The van der Waals surface area contributed by atoms with Crippen molar-refractivity contribution in [1.29, 1.82) is 0 Å². The van der Waals surface area contributed by atoms with E-state index in [1.54, 1.807) is 24.3 Å². The van der Waals surface area contributed by atoms with Crippen LogP contribution in [0.1, 0.15) is 24.8 Å². The van der Waals surface area contributed by atoms with E-state index in [0.717, 1.165) is 5.56 Å². The average molecular weight is 310 g/mol. The number of nitrogens with one attached hydrogen (secondary N) is 1. The van der Waals surface area contributed by atoms with Gasteiger partial charge in [0.1, 0.15) is 12.4 Å². The summed E-state index contributed by atoms with van der Waals surface area (Å²) in [5.41, 5.74) is 1.31. The Balaban J connectivity index is 1.87. The molecule has 0 saturated heterocycles. The zero-order chi connectivity index (χ0) is 15.2. The molecule has 0 unspecified atom stereocenters. The average Bonchev–Trinajstić information content (AvgIpc) is 2.45. The van der Waals surface area contributed by atoms with E-state index in [0.29, 0.717) is 35.7 Å². The molecule has 1 heterocycles. The molecule has 2 rings (SSSR count). The third-order valence-corrected chi connectivity index (χ3v) is 3.31. The second-order valence-corrected chi connectivity index (χ2v) is 5.18. The third kappa shape index (κ3) is 4.49. The van der Waals surface area contributed by atoms with Gasteiger partial charge in [0.2, 0.25) is 0 Å². The Morgan fingerprint density at radius 3 is 2.90 bits per heavy atom. The second-order valence-electron chi connectivity index (χ2n) is 4.75. The van der Waals surface area contributed by atoms with Crippen molar-refractivity contribution in [1.82, 2.24) is 5.32 Å². The van der Waals surface area contributed by atoms with Crippen LogP contribution < -0.4 is 10.1 Å². The van der Waals surface area contributed by atoms with E-state index in [2.05, 4.69) is 5.32 Å². The summed E-state index contributed by atoms with van der Waals surface area (Å²) < 4.78 is 5.51. The topological polar surface area (TPSA) is 75.6 Å². The van der Waals surface area contributed by atoms with Crippen molar-refractivity contribution >= 4 is 29.6 Å². The number of hydrogen-bond acceptors (Lipinski definition) is 3. The van der Waals surface area contributed by atoms with E-state index < -0.39 is 5.97 Å². The molecular weight excluding hydrogens is 294 g/mol. The maximum absolute atomic E-state index is 12.0. The number of rotatable bonds is 6. The molecule has 5 nitrogen and oxygen atoms in total. The number of ether oxygens (including phenoxy) is 1. The number of fused-ring (bicyclic) bond motifs is 1. The summed E-state index contributed by atoms with van der Waals surface area (Å²) in [5.74, 6) is -0.313. The van der Waals surface area contributed by atoms with Crippen LogP contribution in [-0.4, -0.2) is 30.1 Å². The molecule has 0 saturated carbocycles.